The minimum Gasteiger partial charge on any atom is -0.444 e. The number of halogens is 3. The number of carbonyl (C=O) groups is 1. The van der Waals surface area contributed by atoms with E-state index in [2.05, 4.69) is 0 Å². The standard InChI is InChI=1S/C19H28F3NO4Si/c1-18(2,3)26-17(24)23-14(12-13-10-8-7-9-11-13)15(27-28(4,5)6)25-16(23)19(20,21)22/h7-11,14-16H,12H2,1-6H3/t14-,15-,16?/m0/s1. The molecule has 3 atom stereocenters. The lowest BCUT2D eigenvalue weighted by molar-refractivity contribution is -0.254. The lowest BCUT2D eigenvalue weighted by atomic mass is 10.1. The third-order valence-electron chi connectivity index (χ3n) is 3.83. The van der Waals surface area contributed by atoms with Crippen LogP contribution in [0.4, 0.5) is 18.0 Å². The molecule has 9 heteroatoms. The van der Waals surface area contributed by atoms with Crippen LogP contribution in [0, 0.1) is 0 Å². The Morgan fingerprint density at radius 1 is 1.14 bits per heavy atom. The number of carbonyl (C=O) groups excluding carboxylic acids is 1. The van der Waals surface area contributed by atoms with Gasteiger partial charge in [0.1, 0.15) is 5.60 Å². The lowest BCUT2D eigenvalue weighted by Gasteiger charge is -2.32. The third kappa shape index (κ3) is 6.21. The molecule has 1 aromatic rings. The first-order valence-corrected chi connectivity index (χ1v) is 12.5. The molecule has 1 aliphatic rings. The summed E-state index contributed by atoms with van der Waals surface area (Å²) in [5.41, 5.74) is -0.168. The van der Waals surface area contributed by atoms with Gasteiger partial charge in [0, 0.05) is 0 Å². The Morgan fingerprint density at radius 2 is 1.71 bits per heavy atom. The van der Waals surface area contributed by atoms with Crippen molar-refractivity contribution in [1.29, 1.82) is 0 Å². The summed E-state index contributed by atoms with van der Waals surface area (Å²) in [5, 5.41) is 0. The van der Waals surface area contributed by atoms with Crippen molar-refractivity contribution in [2.45, 2.75) is 77.2 Å². The number of amides is 1. The summed E-state index contributed by atoms with van der Waals surface area (Å²) in [4.78, 5) is 13.4. The van der Waals surface area contributed by atoms with E-state index in [-0.39, 0.29) is 6.42 Å². The van der Waals surface area contributed by atoms with Gasteiger partial charge in [0.25, 0.3) is 0 Å². The summed E-state index contributed by atoms with van der Waals surface area (Å²) >= 11 is 0. The fourth-order valence-electron chi connectivity index (χ4n) is 2.87. The highest BCUT2D eigenvalue weighted by atomic mass is 28.4. The van der Waals surface area contributed by atoms with Crippen LogP contribution < -0.4 is 0 Å². The van der Waals surface area contributed by atoms with Crippen molar-refractivity contribution >= 4 is 14.4 Å². The number of nitrogens with zero attached hydrogens (tertiary/aromatic N) is 1. The Bertz CT molecular complexity index is 670. The van der Waals surface area contributed by atoms with Gasteiger partial charge in [-0.3, -0.25) is 4.90 Å². The van der Waals surface area contributed by atoms with Crippen LogP contribution in [0.3, 0.4) is 0 Å². The fourth-order valence-corrected chi connectivity index (χ4v) is 3.78. The molecular formula is C19H28F3NO4Si. The molecule has 0 bridgehead atoms. The quantitative estimate of drug-likeness (QED) is 0.649. The van der Waals surface area contributed by atoms with Gasteiger partial charge in [-0.25, -0.2) is 4.79 Å². The maximum Gasteiger partial charge on any atom is 0.434 e. The van der Waals surface area contributed by atoms with E-state index in [1.165, 1.54) is 0 Å². The molecule has 1 aromatic carbocycles. The second-order valence-corrected chi connectivity index (χ2v) is 13.2. The van der Waals surface area contributed by atoms with Gasteiger partial charge >= 0.3 is 12.3 Å². The van der Waals surface area contributed by atoms with Crippen LogP contribution in [0.5, 0.6) is 0 Å². The van der Waals surface area contributed by atoms with E-state index in [0.717, 1.165) is 5.56 Å². The Hall–Kier alpha value is -1.58. The molecule has 0 radical (unpaired) electrons. The summed E-state index contributed by atoms with van der Waals surface area (Å²) in [7, 11) is -2.25. The minimum atomic E-state index is -4.77. The SMILES string of the molecule is CC(C)(C)OC(=O)N1C(C(F)(F)F)O[C@@H](O[Si](C)(C)C)[C@@H]1Cc1ccccc1. The van der Waals surface area contributed by atoms with Crippen molar-refractivity contribution in [3.05, 3.63) is 35.9 Å². The Balaban J connectivity index is 2.42. The zero-order valence-corrected chi connectivity index (χ0v) is 18.0. The largest absolute Gasteiger partial charge is 0.444 e. The monoisotopic (exact) mass is 419 g/mol. The first kappa shape index (κ1) is 22.7. The van der Waals surface area contributed by atoms with Crippen LogP contribution in [0.2, 0.25) is 19.6 Å². The summed E-state index contributed by atoms with van der Waals surface area (Å²) in [6.45, 7) is 10.4. The second-order valence-electron chi connectivity index (χ2n) is 8.77. The topological polar surface area (TPSA) is 48.0 Å². The number of ether oxygens (including phenoxy) is 2. The molecule has 0 aromatic heterocycles. The molecule has 1 unspecified atom stereocenters. The summed E-state index contributed by atoms with van der Waals surface area (Å²) in [5.74, 6) is 0. The maximum atomic E-state index is 13.7. The lowest BCUT2D eigenvalue weighted by Crippen LogP contribution is -2.52. The number of benzene rings is 1. The van der Waals surface area contributed by atoms with E-state index >= 15 is 0 Å². The molecule has 1 amide bonds. The Kier molecular flexibility index (Phi) is 6.52. The molecule has 0 saturated carbocycles. The number of alkyl halides is 3. The molecule has 0 aliphatic carbocycles. The predicted molar refractivity (Wildman–Crippen MR) is 101 cm³/mol. The van der Waals surface area contributed by atoms with Gasteiger partial charge in [0.2, 0.25) is 6.23 Å². The van der Waals surface area contributed by atoms with Crippen LogP contribution in [0.25, 0.3) is 0 Å². The second kappa shape index (κ2) is 8.04. The zero-order valence-electron chi connectivity index (χ0n) is 17.0. The molecule has 1 saturated heterocycles. The van der Waals surface area contributed by atoms with Crippen molar-refractivity contribution in [1.82, 2.24) is 4.90 Å². The van der Waals surface area contributed by atoms with Crippen LogP contribution in [0.15, 0.2) is 30.3 Å². The van der Waals surface area contributed by atoms with Crippen LogP contribution >= 0.6 is 0 Å². The van der Waals surface area contributed by atoms with E-state index in [9.17, 15) is 18.0 Å². The van der Waals surface area contributed by atoms with Gasteiger partial charge in [-0.1, -0.05) is 30.3 Å². The number of hydrogen-bond acceptors (Lipinski definition) is 4. The average molecular weight is 420 g/mol. The van der Waals surface area contributed by atoms with Gasteiger partial charge < -0.3 is 13.9 Å². The van der Waals surface area contributed by atoms with Crippen LogP contribution in [-0.2, 0) is 20.3 Å². The van der Waals surface area contributed by atoms with E-state index < -0.39 is 44.7 Å². The first-order chi connectivity index (χ1) is 12.7. The molecule has 158 valence electrons. The molecule has 1 heterocycles. The van der Waals surface area contributed by atoms with Crippen LogP contribution in [0.1, 0.15) is 26.3 Å². The molecule has 2 rings (SSSR count). The highest BCUT2D eigenvalue weighted by molar-refractivity contribution is 6.69. The van der Waals surface area contributed by atoms with E-state index in [0.29, 0.717) is 4.90 Å². The maximum absolute atomic E-state index is 13.7. The van der Waals surface area contributed by atoms with Crippen molar-refractivity contribution in [3.63, 3.8) is 0 Å². The Labute approximate surface area is 164 Å². The zero-order chi connectivity index (χ0) is 21.3. The van der Waals surface area contributed by atoms with Gasteiger partial charge in [0.15, 0.2) is 14.6 Å². The average Bonchev–Trinajstić information content (AvgIpc) is 2.83. The number of rotatable bonds is 4. The van der Waals surface area contributed by atoms with Crippen molar-refractivity contribution < 1.29 is 31.9 Å². The number of hydrogen-bond donors (Lipinski definition) is 0. The summed E-state index contributed by atoms with van der Waals surface area (Å²) in [6.07, 6.45) is -9.30. The highest BCUT2D eigenvalue weighted by Crippen LogP contribution is 2.38. The van der Waals surface area contributed by atoms with Gasteiger partial charge in [-0.15, -0.1) is 0 Å². The first-order valence-electron chi connectivity index (χ1n) is 9.13. The predicted octanol–water partition coefficient (Wildman–Crippen LogP) is 4.93. The van der Waals surface area contributed by atoms with Crippen molar-refractivity contribution in [2.24, 2.45) is 0 Å². The van der Waals surface area contributed by atoms with Gasteiger partial charge in [0.05, 0.1) is 6.04 Å². The third-order valence-corrected chi connectivity index (χ3v) is 4.77. The summed E-state index contributed by atoms with van der Waals surface area (Å²) in [6, 6.07) is 8.02. The van der Waals surface area contributed by atoms with E-state index in [4.69, 9.17) is 13.9 Å². The molecule has 1 fully saturated rings. The molecule has 0 N–H and O–H groups in total. The van der Waals surface area contributed by atoms with Gasteiger partial charge in [-0.05, 0) is 52.4 Å². The molecule has 0 spiro atoms. The highest BCUT2D eigenvalue weighted by Gasteiger charge is 2.58. The minimum absolute atomic E-state index is 0.155. The Morgan fingerprint density at radius 3 is 2.18 bits per heavy atom. The molecule has 1 aliphatic heterocycles. The molecule has 5 nitrogen and oxygen atoms in total. The fraction of sp³-hybridized carbons (Fsp3) is 0.632. The van der Waals surface area contributed by atoms with E-state index in [1.54, 1.807) is 45.0 Å². The normalized spacial score (nSPS) is 23.8. The van der Waals surface area contributed by atoms with Gasteiger partial charge in [-0.2, -0.15) is 13.2 Å². The smallest absolute Gasteiger partial charge is 0.434 e. The van der Waals surface area contributed by atoms with Crippen molar-refractivity contribution in [2.75, 3.05) is 0 Å². The molecular weight excluding hydrogens is 391 g/mol. The van der Waals surface area contributed by atoms with Crippen molar-refractivity contribution in [3.8, 4) is 0 Å². The summed E-state index contributed by atoms with van der Waals surface area (Å²) < 4.78 is 57.5. The molecule has 28 heavy (non-hydrogen) atoms. The van der Waals surface area contributed by atoms with Crippen LogP contribution in [-0.4, -0.2) is 49.6 Å². The van der Waals surface area contributed by atoms with E-state index in [1.807, 2.05) is 25.7 Å².